The largest absolute Gasteiger partial charge is 0.339 e. The van der Waals surface area contributed by atoms with Crippen molar-refractivity contribution >= 4 is 17.5 Å². The number of carbonyl (C=O) groups is 2. The van der Waals surface area contributed by atoms with Crippen molar-refractivity contribution in [3.63, 3.8) is 0 Å². The summed E-state index contributed by atoms with van der Waals surface area (Å²) >= 11 is 0. The maximum Gasteiger partial charge on any atom is 0.253 e. The second kappa shape index (κ2) is 7.72. The Hall–Kier alpha value is -2.73. The first-order valence-corrected chi connectivity index (χ1v) is 9.86. The van der Waals surface area contributed by atoms with E-state index in [0.717, 1.165) is 25.1 Å². The zero-order chi connectivity index (χ0) is 19.6. The van der Waals surface area contributed by atoms with Gasteiger partial charge in [0.25, 0.3) is 5.91 Å². The minimum Gasteiger partial charge on any atom is -0.339 e. The van der Waals surface area contributed by atoms with Crippen LogP contribution in [0, 0.1) is 5.41 Å². The fourth-order valence-electron chi connectivity index (χ4n) is 4.67. The normalized spacial score (nSPS) is 25.0. The molecule has 1 aromatic heterocycles. The molecular formula is C22H26N4O2. The van der Waals surface area contributed by atoms with E-state index < -0.39 is 5.41 Å². The highest BCUT2D eigenvalue weighted by Gasteiger charge is 2.52. The zero-order valence-corrected chi connectivity index (χ0v) is 16.2. The van der Waals surface area contributed by atoms with Crippen molar-refractivity contribution in [3.05, 3.63) is 60.4 Å². The fraction of sp³-hybridized carbons (Fsp3) is 0.409. The lowest BCUT2D eigenvalue weighted by molar-refractivity contribution is -0.127. The van der Waals surface area contributed by atoms with E-state index in [4.69, 9.17) is 0 Å². The molecule has 6 nitrogen and oxygen atoms in total. The van der Waals surface area contributed by atoms with Gasteiger partial charge in [-0.05, 0) is 57.1 Å². The third-order valence-electron chi connectivity index (χ3n) is 6.26. The SMILES string of the molecule is CN1CC[C@]2(C(=O)Nc3cccnc3)CCN(C(=O)c3ccccc3)CC[C@H]12. The van der Waals surface area contributed by atoms with Crippen molar-refractivity contribution in [2.45, 2.75) is 25.3 Å². The summed E-state index contributed by atoms with van der Waals surface area (Å²) in [5.41, 5.74) is 0.949. The van der Waals surface area contributed by atoms with Gasteiger partial charge in [0, 0.05) is 30.9 Å². The summed E-state index contributed by atoms with van der Waals surface area (Å²) < 4.78 is 0. The predicted octanol–water partition coefficient (Wildman–Crippen LogP) is 2.65. The Kier molecular flexibility index (Phi) is 5.13. The van der Waals surface area contributed by atoms with E-state index in [1.807, 2.05) is 47.4 Å². The molecule has 0 bridgehead atoms. The van der Waals surface area contributed by atoms with Gasteiger partial charge in [0.15, 0.2) is 0 Å². The van der Waals surface area contributed by atoms with Crippen molar-refractivity contribution < 1.29 is 9.59 Å². The molecule has 2 amide bonds. The van der Waals surface area contributed by atoms with E-state index in [1.165, 1.54) is 0 Å². The van der Waals surface area contributed by atoms with Crippen molar-refractivity contribution in [3.8, 4) is 0 Å². The van der Waals surface area contributed by atoms with Crippen LogP contribution in [0.4, 0.5) is 5.69 Å². The molecule has 1 N–H and O–H groups in total. The van der Waals surface area contributed by atoms with Crippen LogP contribution in [-0.4, -0.2) is 59.3 Å². The molecule has 28 heavy (non-hydrogen) atoms. The Morgan fingerprint density at radius 1 is 1.07 bits per heavy atom. The van der Waals surface area contributed by atoms with Crippen LogP contribution in [0.2, 0.25) is 0 Å². The minimum atomic E-state index is -0.476. The summed E-state index contributed by atoms with van der Waals surface area (Å²) in [4.78, 5) is 34.5. The van der Waals surface area contributed by atoms with E-state index in [2.05, 4.69) is 22.2 Å². The molecule has 6 heteroatoms. The van der Waals surface area contributed by atoms with Gasteiger partial charge in [-0.15, -0.1) is 0 Å². The standard InChI is InChI=1S/C22H26N4O2/c1-25-14-10-22(21(28)24-18-8-5-12-23-16-18)11-15-26(13-9-19(22)25)20(27)17-6-3-2-4-7-17/h2-8,12,16,19H,9-11,13-15H2,1H3,(H,24,28)/t19-,22-/m0/s1. The number of carbonyl (C=O) groups excluding carboxylic acids is 2. The monoisotopic (exact) mass is 378 g/mol. The highest BCUT2D eigenvalue weighted by atomic mass is 16.2. The first kappa shape index (κ1) is 18.6. The molecule has 0 saturated carbocycles. The first-order chi connectivity index (χ1) is 13.6. The summed E-state index contributed by atoms with van der Waals surface area (Å²) in [7, 11) is 2.08. The molecule has 2 aromatic rings. The minimum absolute atomic E-state index is 0.0452. The molecule has 2 fully saturated rings. The number of nitrogens with zero attached hydrogens (tertiary/aromatic N) is 3. The summed E-state index contributed by atoms with van der Waals surface area (Å²) in [5.74, 6) is 0.0925. The molecule has 0 unspecified atom stereocenters. The van der Waals surface area contributed by atoms with Crippen molar-refractivity contribution in [1.29, 1.82) is 0 Å². The maximum absolute atomic E-state index is 13.3. The Labute approximate surface area is 165 Å². The van der Waals surface area contributed by atoms with Crippen LogP contribution in [0.3, 0.4) is 0 Å². The number of benzene rings is 1. The molecule has 0 radical (unpaired) electrons. The molecule has 0 aliphatic carbocycles. The third-order valence-corrected chi connectivity index (χ3v) is 6.26. The highest BCUT2D eigenvalue weighted by molar-refractivity contribution is 5.97. The molecule has 2 aliphatic heterocycles. The summed E-state index contributed by atoms with van der Waals surface area (Å²) in [6, 6.07) is 13.2. The van der Waals surface area contributed by atoms with Crippen LogP contribution < -0.4 is 5.32 Å². The number of hydrogen-bond donors (Lipinski definition) is 1. The molecule has 0 spiro atoms. The lowest BCUT2D eigenvalue weighted by atomic mass is 9.75. The van der Waals surface area contributed by atoms with Gasteiger partial charge in [-0.3, -0.25) is 14.6 Å². The van der Waals surface area contributed by atoms with E-state index in [-0.39, 0.29) is 17.9 Å². The first-order valence-electron chi connectivity index (χ1n) is 9.86. The van der Waals surface area contributed by atoms with Crippen LogP contribution in [-0.2, 0) is 4.79 Å². The molecule has 146 valence electrons. The fourth-order valence-corrected chi connectivity index (χ4v) is 4.67. The van der Waals surface area contributed by atoms with Gasteiger partial charge in [-0.2, -0.15) is 0 Å². The topological polar surface area (TPSA) is 65.5 Å². The quantitative estimate of drug-likeness (QED) is 0.892. The number of pyridine rings is 1. The van der Waals surface area contributed by atoms with E-state index in [0.29, 0.717) is 25.1 Å². The van der Waals surface area contributed by atoms with Crippen LogP contribution in [0.15, 0.2) is 54.9 Å². The number of rotatable bonds is 3. The number of nitrogens with one attached hydrogen (secondary N) is 1. The second-order valence-corrected chi connectivity index (χ2v) is 7.80. The number of aromatic nitrogens is 1. The Bertz CT molecular complexity index is 842. The van der Waals surface area contributed by atoms with E-state index in [9.17, 15) is 9.59 Å². The van der Waals surface area contributed by atoms with Gasteiger partial charge >= 0.3 is 0 Å². The van der Waals surface area contributed by atoms with Gasteiger partial charge in [0.2, 0.25) is 5.91 Å². The maximum atomic E-state index is 13.3. The van der Waals surface area contributed by atoms with Crippen molar-refractivity contribution in [2.75, 3.05) is 32.0 Å². The Morgan fingerprint density at radius 3 is 2.61 bits per heavy atom. The van der Waals surface area contributed by atoms with Crippen LogP contribution in [0.1, 0.15) is 29.6 Å². The molecule has 2 atom stereocenters. The van der Waals surface area contributed by atoms with Crippen LogP contribution in [0.25, 0.3) is 0 Å². The molecular weight excluding hydrogens is 352 g/mol. The molecule has 1 aromatic carbocycles. The molecule has 3 heterocycles. The second-order valence-electron chi connectivity index (χ2n) is 7.80. The van der Waals surface area contributed by atoms with Crippen molar-refractivity contribution in [2.24, 2.45) is 5.41 Å². The lowest BCUT2D eigenvalue weighted by Gasteiger charge is -2.34. The van der Waals surface area contributed by atoms with Gasteiger partial charge in [-0.1, -0.05) is 18.2 Å². The van der Waals surface area contributed by atoms with Crippen LogP contribution >= 0.6 is 0 Å². The smallest absolute Gasteiger partial charge is 0.253 e. The number of amides is 2. The average Bonchev–Trinajstić information content (AvgIpc) is 2.93. The molecule has 2 aliphatic rings. The van der Waals surface area contributed by atoms with Gasteiger partial charge in [-0.25, -0.2) is 0 Å². The van der Waals surface area contributed by atoms with Gasteiger partial charge in [0.05, 0.1) is 17.3 Å². The van der Waals surface area contributed by atoms with E-state index >= 15 is 0 Å². The van der Waals surface area contributed by atoms with E-state index in [1.54, 1.807) is 12.4 Å². The summed E-state index contributed by atoms with van der Waals surface area (Å²) in [5, 5.41) is 3.07. The molecule has 4 rings (SSSR count). The van der Waals surface area contributed by atoms with Gasteiger partial charge < -0.3 is 15.1 Å². The summed E-state index contributed by atoms with van der Waals surface area (Å²) in [6.45, 7) is 2.17. The number of anilines is 1. The van der Waals surface area contributed by atoms with Gasteiger partial charge in [0.1, 0.15) is 0 Å². The van der Waals surface area contributed by atoms with Crippen LogP contribution in [0.5, 0.6) is 0 Å². The number of hydrogen-bond acceptors (Lipinski definition) is 4. The zero-order valence-electron chi connectivity index (χ0n) is 16.2. The highest BCUT2D eigenvalue weighted by Crippen LogP contribution is 2.44. The third kappa shape index (κ3) is 3.40. The Balaban J connectivity index is 1.55. The number of fused-ring (bicyclic) bond motifs is 1. The van der Waals surface area contributed by atoms with Crippen molar-refractivity contribution in [1.82, 2.24) is 14.8 Å². The Morgan fingerprint density at radius 2 is 1.86 bits per heavy atom. The lowest BCUT2D eigenvalue weighted by Crippen LogP contribution is -2.46. The average molecular weight is 378 g/mol. The predicted molar refractivity (Wildman–Crippen MR) is 108 cm³/mol. The molecule has 2 saturated heterocycles. The number of likely N-dealkylation sites (tertiary alicyclic amines) is 2. The summed E-state index contributed by atoms with van der Waals surface area (Å²) in [6.07, 6.45) is 5.65.